The normalized spacial score (nSPS) is 20.1. The third-order valence-corrected chi connectivity index (χ3v) is 5.88. The van der Waals surface area contributed by atoms with Crippen LogP contribution in [0.25, 0.3) is 0 Å². The predicted molar refractivity (Wildman–Crippen MR) is 82.7 cm³/mol. The number of imidazole rings is 1. The molecule has 1 aromatic rings. The minimum absolute atomic E-state index is 0.0328. The molecule has 120 valence electrons. The van der Waals surface area contributed by atoms with Crippen molar-refractivity contribution in [1.29, 1.82) is 0 Å². The minimum atomic E-state index is -3.51. The Morgan fingerprint density at radius 1 is 1.48 bits per heavy atom. The number of hydrogen-bond acceptors (Lipinski definition) is 4. The van der Waals surface area contributed by atoms with Gasteiger partial charge >= 0.3 is 0 Å². The molecule has 1 N–H and O–H groups in total. The second kappa shape index (κ2) is 6.89. The van der Waals surface area contributed by atoms with Gasteiger partial charge in [-0.2, -0.15) is 4.31 Å². The molecule has 0 amide bonds. The van der Waals surface area contributed by atoms with Crippen LogP contribution in [0.2, 0.25) is 0 Å². The van der Waals surface area contributed by atoms with E-state index in [0.717, 1.165) is 44.7 Å². The Kier molecular flexibility index (Phi) is 5.40. The molecule has 6 nitrogen and oxygen atoms in total. The summed E-state index contributed by atoms with van der Waals surface area (Å²) in [5.74, 6) is 0.758. The molecule has 2 rings (SSSR count). The quantitative estimate of drug-likeness (QED) is 0.861. The van der Waals surface area contributed by atoms with Crippen molar-refractivity contribution in [2.24, 2.45) is 0 Å². The van der Waals surface area contributed by atoms with E-state index in [9.17, 15) is 8.42 Å². The monoisotopic (exact) mass is 314 g/mol. The van der Waals surface area contributed by atoms with Crippen LogP contribution >= 0.6 is 0 Å². The van der Waals surface area contributed by atoms with E-state index in [2.05, 4.69) is 17.2 Å². The van der Waals surface area contributed by atoms with Gasteiger partial charge in [0.2, 0.25) is 0 Å². The fraction of sp³-hybridized carbons (Fsp3) is 0.786. The highest BCUT2D eigenvalue weighted by molar-refractivity contribution is 7.89. The Hall–Kier alpha value is -0.920. The molecule has 7 heteroatoms. The van der Waals surface area contributed by atoms with Gasteiger partial charge in [-0.1, -0.05) is 13.8 Å². The Bertz CT molecular complexity index is 562. The summed E-state index contributed by atoms with van der Waals surface area (Å²) >= 11 is 0. The number of aromatic nitrogens is 2. The van der Waals surface area contributed by atoms with Crippen LogP contribution in [0.5, 0.6) is 0 Å². The van der Waals surface area contributed by atoms with Crippen molar-refractivity contribution in [3.8, 4) is 0 Å². The molecule has 1 saturated heterocycles. The second-order valence-electron chi connectivity index (χ2n) is 5.53. The maximum atomic E-state index is 12.9. The summed E-state index contributed by atoms with van der Waals surface area (Å²) in [5.41, 5.74) is 0. The van der Waals surface area contributed by atoms with Crippen LogP contribution in [0, 0.1) is 6.92 Å². The number of hydrogen-bond donors (Lipinski definition) is 1. The van der Waals surface area contributed by atoms with Gasteiger partial charge in [-0.15, -0.1) is 0 Å². The molecule has 0 bridgehead atoms. The van der Waals surface area contributed by atoms with E-state index in [4.69, 9.17) is 0 Å². The Morgan fingerprint density at radius 2 is 2.24 bits per heavy atom. The van der Waals surface area contributed by atoms with Gasteiger partial charge in [0.25, 0.3) is 10.0 Å². The van der Waals surface area contributed by atoms with Crippen LogP contribution < -0.4 is 5.32 Å². The second-order valence-corrected chi connectivity index (χ2v) is 7.37. The largest absolute Gasteiger partial charge is 0.334 e. The molecule has 1 aromatic heterocycles. The van der Waals surface area contributed by atoms with Crippen molar-refractivity contribution in [3.05, 3.63) is 12.0 Å². The van der Waals surface area contributed by atoms with Crippen LogP contribution in [-0.2, 0) is 16.6 Å². The molecule has 1 aliphatic rings. The van der Waals surface area contributed by atoms with Crippen molar-refractivity contribution < 1.29 is 8.42 Å². The van der Waals surface area contributed by atoms with Gasteiger partial charge < -0.3 is 9.88 Å². The number of piperidine rings is 1. The first-order chi connectivity index (χ1) is 10.0. The molecule has 1 atom stereocenters. The van der Waals surface area contributed by atoms with Crippen LogP contribution in [0.3, 0.4) is 0 Å². The molecule has 0 spiro atoms. The van der Waals surface area contributed by atoms with Gasteiger partial charge in [0.1, 0.15) is 5.82 Å². The maximum absolute atomic E-state index is 12.9. The van der Waals surface area contributed by atoms with Crippen molar-refractivity contribution >= 4 is 10.0 Å². The van der Waals surface area contributed by atoms with Crippen LogP contribution in [-0.4, -0.2) is 48.0 Å². The lowest BCUT2D eigenvalue weighted by Gasteiger charge is -2.32. The SMILES string of the molecule is CCCn1cc(S(=O)(=O)N(CC)C2CCCNC2)nc1C. The average Bonchev–Trinajstić information content (AvgIpc) is 2.83. The summed E-state index contributed by atoms with van der Waals surface area (Å²) in [5, 5.41) is 3.46. The van der Waals surface area contributed by atoms with Gasteiger partial charge in [0, 0.05) is 31.9 Å². The number of sulfonamides is 1. The van der Waals surface area contributed by atoms with Gasteiger partial charge in [-0.25, -0.2) is 13.4 Å². The molecule has 0 aromatic carbocycles. The van der Waals surface area contributed by atoms with E-state index in [1.807, 2.05) is 18.4 Å². The Labute approximate surface area is 127 Å². The highest BCUT2D eigenvalue weighted by Gasteiger charge is 2.33. The zero-order chi connectivity index (χ0) is 15.5. The average molecular weight is 314 g/mol. The molecule has 0 aliphatic carbocycles. The third-order valence-electron chi connectivity index (χ3n) is 3.98. The molecule has 1 aliphatic heterocycles. The number of aryl methyl sites for hydroxylation is 2. The van der Waals surface area contributed by atoms with Gasteiger partial charge in [0.15, 0.2) is 5.03 Å². The molecule has 21 heavy (non-hydrogen) atoms. The van der Waals surface area contributed by atoms with E-state index in [1.54, 1.807) is 10.5 Å². The first-order valence-electron chi connectivity index (χ1n) is 7.77. The lowest BCUT2D eigenvalue weighted by molar-refractivity contribution is 0.274. The van der Waals surface area contributed by atoms with Crippen molar-refractivity contribution in [2.45, 2.75) is 57.6 Å². The summed E-state index contributed by atoms with van der Waals surface area (Å²) in [6.45, 7) is 8.79. The summed E-state index contributed by atoms with van der Waals surface area (Å²) in [6.07, 6.45) is 4.56. The summed E-state index contributed by atoms with van der Waals surface area (Å²) in [6, 6.07) is 0.0328. The first-order valence-corrected chi connectivity index (χ1v) is 9.21. The first kappa shape index (κ1) is 16.5. The standard InChI is InChI=1S/C14H26N4O2S/c1-4-9-17-11-14(16-12(17)3)21(19,20)18(5-2)13-7-6-8-15-10-13/h11,13,15H,4-10H2,1-3H3. The van der Waals surface area contributed by atoms with Gasteiger partial charge in [0.05, 0.1) is 0 Å². The van der Waals surface area contributed by atoms with E-state index in [-0.39, 0.29) is 11.1 Å². The highest BCUT2D eigenvalue weighted by atomic mass is 32.2. The summed E-state index contributed by atoms with van der Waals surface area (Å²) in [7, 11) is -3.51. The lowest BCUT2D eigenvalue weighted by Crippen LogP contribution is -2.48. The number of rotatable bonds is 6. The van der Waals surface area contributed by atoms with Crippen molar-refractivity contribution in [3.63, 3.8) is 0 Å². The van der Waals surface area contributed by atoms with E-state index >= 15 is 0 Å². The number of likely N-dealkylation sites (N-methyl/N-ethyl adjacent to an activating group) is 1. The molecule has 0 saturated carbocycles. The molecule has 1 fully saturated rings. The lowest BCUT2D eigenvalue weighted by atomic mass is 10.1. The Morgan fingerprint density at radius 3 is 2.81 bits per heavy atom. The summed E-state index contributed by atoms with van der Waals surface area (Å²) < 4.78 is 29.2. The number of nitrogens with zero attached hydrogens (tertiary/aromatic N) is 3. The minimum Gasteiger partial charge on any atom is -0.334 e. The summed E-state index contributed by atoms with van der Waals surface area (Å²) in [4.78, 5) is 4.28. The third kappa shape index (κ3) is 3.46. The zero-order valence-electron chi connectivity index (χ0n) is 13.2. The van der Waals surface area contributed by atoms with E-state index in [1.165, 1.54) is 0 Å². The van der Waals surface area contributed by atoms with Gasteiger partial charge in [-0.05, 0) is 32.7 Å². The smallest absolute Gasteiger partial charge is 0.262 e. The maximum Gasteiger partial charge on any atom is 0.262 e. The van der Waals surface area contributed by atoms with Gasteiger partial charge in [-0.3, -0.25) is 0 Å². The zero-order valence-corrected chi connectivity index (χ0v) is 14.0. The predicted octanol–water partition coefficient (Wildman–Crippen LogP) is 1.36. The van der Waals surface area contributed by atoms with Crippen LogP contribution in [0.15, 0.2) is 11.2 Å². The van der Waals surface area contributed by atoms with Crippen molar-refractivity contribution in [1.82, 2.24) is 19.2 Å². The fourth-order valence-corrected chi connectivity index (χ4v) is 4.56. The molecular formula is C14H26N4O2S. The Balaban J connectivity index is 2.28. The van der Waals surface area contributed by atoms with E-state index in [0.29, 0.717) is 6.54 Å². The highest BCUT2D eigenvalue weighted by Crippen LogP contribution is 2.21. The number of nitrogens with one attached hydrogen (secondary N) is 1. The molecule has 1 unspecified atom stereocenters. The van der Waals surface area contributed by atoms with Crippen molar-refractivity contribution in [2.75, 3.05) is 19.6 Å². The van der Waals surface area contributed by atoms with Crippen LogP contribution in [0.1, 0.15) is 38.9 Å². The van der Waals surface area contributed by atoms with Crippen LogP contribution in [0.4, 0.5) is 0 Å². The fourth-order valence-electron chi connectivity index (χ4n) is 2.89. The topological polar surface area (TPSA) is 67.2 Å². The molecule has 0 radical (unpaired) electrons. The molecule has 2 heterocycles. The van der Waals surface area contributed by atoms with E-state index < -0.39 is 10.0 Å². The molecular weight excluding hydrogens is 288 g/mol.